The summed E-state index contributed by atoms with van der Waals surface area (Å²) in [6.45, 7) is 8.56. The van der Waals surface area contributed by atoms with Gasteiger partial charge in [-0.25, -0.2) is 4.98 Å². The Hall–Kier alpha value is -2.40. The van der Waals surface area contributed by atoms with E-state index in [0.29, 0.717) is 12.1 Å². The Morgan fingerprint density at radius 2 is 1.88 bits per heavy atom. The summed E-state index contributed by atoms with van der Waals surface area (Å²) in [4.78, 5) is 21.6. The van der Waals surface area contributed by atoms with Gasteiger partial charge in [0.25, 0.3) is 5.91 Å². The summed E-state index contributed by atoms with van der Waals surface area (Å²) in [5.41, 5.74) is 4.09. The van der Waals surface area contributed by atoms with Gasteiger partial charge in [0, 0.05) is 50.0 Å². The van der Waals surface area contributed by atoms with E-state index in [4.69, 9.17) is 0 Å². The van der Waals surface area contributed by atoms with Crippen LogP contribution in [0.25, 0.3) is 0 Å². The molecule has 0 aliphatic carbocycles. The maximum atomic E-state index is 12.5. The van der Waals surface area contributed by atoms with Crippen molar-refractivity contribution in [2.75, 3.05) is 38.1 Å². The van der Waals surface area contributed by atoms with Gasteiger partial charge >= 0.3 is 0 Å². The molecule has 1 amide bonds. The smallest absolute Gasteiger partial charge is 0.251 e. The van der Waals surface area contributed by atoms with Crippen molar-refractivity contribution in [3.8, 4) is 0 Å². The minimum Gasteiger partial charge on any atom is -0.354 e. The van der Waals surface area contributed by atoms with Gasteiger partial charge in [-0.2, -0.15) is 0 Å². The number of nitrogens with one attached hydrogen (secondary N) is 1. The molecule has 1 aromatic heterocycles. The molecular formula is C20H26N4O. The van der Waals surface area contributed by atoms with Crippen molar-refractivity contribution < 1.29 is 4.79 Å². The zero-order chi connectivity index (χ0) is 17.8. The van der Waals surface area contributed by atoms with Gasteiger partial charge in [0.05, 0.1) is 0 Å². The number of nitrogens with zero attached hydrogens (tertiary/aromatic N) is 3. The van der Waals surface area contributed by atoms with Crippen molar-refractivity contribution in [2.45, 2.75) is 20.4 Å². The zero-order valence-corrected chi connectivity index (χ0v) is 15.2. The van der Waals surface area contributed by atoms with Crippen LogP contribution < -0.4 is 10.2 Å². The molecule has 0 radical (unpaired) electrons. The number of pyridine rings is 1. The van der Waals surface area contributed by atoms with E-state index in [-0.39, 0.29) is 5.91 Å². The van der Waals surface area contributed by atoms with Crippen molar-refractivity contribution in [1.82, 2.24) is 15.2 Å². The number of aromatic nitrogens is 1. The average Bonchev–Trinajstić information content (AvgIpc) is 2.63. The van der Waals surface area contributed by atoms with E-state index in [2.05, 4.69) is 34.1 Å². The summed E-state index contributed by atoms with van der Waals surface area (Å²) in [6.07, 6.45) is 1.82. The molecular weight excluding hydrogens is 312 g/mol. The first-order valence-corrected chi connectivity index (χ1v) is 8.77. The van der Waals surface area contributed by atoms with E-state index in [1.807, 2.05) is 43.5 Å². The van der Waals surface area contributed by atoms with E-state index >= 15 is 0 Å². The van der Waals surface area contributed by atoms with Crippen LogP contribution in [-0.2, 0) is 6.54 Å². The first-order valence-electron chi connectivity index (χ1n) is 8.77. The first kappa shape index (κ1) is 17.4. The Balaban J connectivity index is 1.69. The highest BCUT2D eigenvalue weighted by atomic mass is 16.1. The van der Waals surface area contributed by atoms with Crippen LogP contribution in [0, 0.1) is 13.8 Å². The number of rotatable bonds is 4. The average molecular weight is 338 g/mol. The number of likely N-dealkylation sites (N-methyl/N-ethyl adjacent to an activating group) is 1. The van der Waals surface area contributed by atoms with E-state index in [1.54, 1.807) is 0 Å². The summed E-state index contributed by atoms with van der Waals surface area (Å²) in [5.74, 6) is 0.937. The molecule has 2 aromatic rings. The molecule has 0 saturated carbocycles. The van der Waals surface area contributed by atoms with Gasteiger partial charge in [-0.1, -0.05) is 12.1 Å². The minimum absolute atomic E-state index is 0.0451. The third-order valence-corrected chi connectivity index (χ3v) is 4.88. The Kier molecular flexibility index (Phi) is 5.34. The molecule has 5 nitrogen and oxygen atoms in total. The van der Waals surface area contributed by atoms with Gasteiger partial charge in [0.15, 0.2) is 0 Å². The van der Waals surface area contributed by atoms with Gasteiger partial charge in [-0.05, 0) is 50.2 Å². The van der Waals surface area contributed by atoms with Crippen LogP contribution in [0.1, 0.15) is 27.0 Å². The number of amides is 1. The number of aryl methyl sites for hydroxylation is 2. The molecule has 1 aromatic carbocycles. The Morgan fingerprint density at radius 1 is 1.12 bits per heavy atom. The largest absolute Gasteiger partial charge is 0.354 e. The van der Waals surface area contributed by atoms with Crippen LogP contribution in [0.5, 0.6) is 0 Å². The van der Waals surface area contributed by atoms with Crippen LogP contribution in [0.15, 0.2) is 36.5 Å². The highest BCUT2D eigenvalue weighted by Crippen LogP contribution is 2.19. The number of benzene rings is 1. The zero-order valence-electron chi connectivity index (χ0n) is 15.2. The molecule has 1 fully saturated rings. The van der Waals surface area contributed by atoms with Crippen LogP contribution in [0.2, 0.25) is 0 Å². The lowest BCUT2D eigenvalue weighted by atomic mass is 10.1. The second-order valence-electron chi connectivity index (χ2n) is 6.76. The molecule has 5 heteroatoms. The monoisotopic (exact) mass is 338 g/mol. The Morgan fingerprint density at radius 3 is 2.60 bits per heavy atom. The molecule has 25 heavy (non-hydrogen) atoms. The van der Waals surface area contributed by atoms with Gasteiger partial charge in [-0.15, -0.1) is 0 Å². The second kappa shape index (κ2) is 7.66. The van der Waals surface area contributed by atoms with Crippen molar-refractivity contribution >= 4 is 11.7 Å². The third kappa shape index (κ3) is 4.17. The third-order valence-electron chi connectivity index (χ3n) is 4.88. The van der Waals surface area contributed by atoms with E-state index in [0.717, 1.165) is 43.1 Å². The molecule has 3 rings (SSSR count). The van der Waals surface area contributed by atoms with Crippen molar-refractivity contribution in [1.29, 1.82) is 0 Å². The first-order chi connectivity index (χ1) is 12.0. The van der Waals surface area contributed by atoms with Crippen LogP contribution >= 0.6 is 0 Å². The van der Waals surface area contributed by atoms with Crippen LogP contribution in [-0.4, -0.2) is 49.0 Å². The maximum absolute atomic E-state index is 12.5. The molecule has 1 N–H and O–H groups in total. The fourth-order valence-corrected chi connectivity index (χ4v) is 3.03. The topological polar surface area (TPSA) is 48.5 Å². The van der Waals surface area contributed by atoms with Gasteiger partial charge < -0.3 is 15.1 Å². The predicted molar refractivity (Wildman–Crippen MR) is 101 cm³/mol. The molecule has 0 unspecified atom stereocenters. The lowest BCUT2D eigenvalue weighted by molar-refractivity contribution is 0.0951. The normalized spacial score (nSPS) is 15.2. The minimum atomic E-state index is -0.0451. The highest BCUT2D eigenvalue weighted by Gasteiger charge is 2.18. The Bertz CT molecular complexity index is 751. The quantitative estimate of drug-likeness (QED) is 0.930. The number of piperazine rings is 1. The van der Waals surface area contributed by atoms with Crippen molar-refractivity contribution in [2.24, 2.45) is 0 Å². The fraction of sp³-hybridized carbons (Fsp3) is 0.400. The molecule has 1 aliphatic heterocycles. The maximum Gasteiger partial charge on any atom is 0.251 e. The summed E-state index contributed by atoms with van der Waals surface area (Å²) >= 11 is 0. The highest BCUT2D eigenvalue weighted by molar-refractivity contribution is 5.94. The summed E-state index contributed by atoms with van der Waals surface area (Å²) in [7, 11) is 2.14. The van der Waals surface area contributed by atoms with Gasteiger partial charge in [-0.3, -0.25) is 4.79 Å². The molecule has 1 aliphatic rings. The SMILES string of the molecule is Cc1ccc(C(=O)NCc2cccnc2N2CCN(C)CC2)cc1C. The molecule has 1 saturated heterocycles. The van der Waals surface area contributed by atoms with Crippen LogP contribution in [0.4, 0.5) is 5.82 Å². The Labute approximate surface area is 149 Å². The molecule has 0 spiro atoms. The number of carbonyl (C=O) groups is 1. The fourth-order valence-electron chi connectivity index (χ4n) is 3.03. The molecule has 132 valence electrons. The summed E-state index contributed by atoms with van der Waals surface area (Å²) < 4.78 is 0. The lowest BCUT2D eigenvalue weighted by Gasteiger charge is -2.34. The number of hydrogen-bond donors (Lipinski definition) is 1. The second-order valence-corrected chi connectivity index (χ2v) is 6.76. The van der Waals surface area contributed by atoms with Gasteiger partial charge in [0.2, 0.25) is 0 Å². The predicted octanol–water partition coefficient (Wildman–Crippen LogP) is 2.38. The lowest BCUT2D eigenvalue weighted by Crippen LogP contribution is -2.45. The van der Waals surface area contributed by atoms with E-state index < -0.39 is 0 Å². The standard InChI is InChI=1S/C20H26N4O/c1-15-6-7-17(13-16(15)2)20(25)22-14-18-5-4-8-21-19(18)24-11-9-23(3)10-12-24/h4-8,13H,9-12,14H2,1-3H3,(H,22,25). The van der Waals surface area contributed by atoms with E-state index in [9.17, 15) is 4.79 Å². The molecule has 2 heterocycles. The van der Waals surface area contributed by atoms with E-state index in [1.165, 1.54) is 5.56 Å². The number of carbonyl (C=O) groups excluding carboxylic acids is 1. The molecule has 0 atom stereocenters. The summed E-state index contributed by atoms with van der Waals surface area (Å²) in [5, 5.41) is 3.03. The van der Waals surface area contributed by atoms with Crippen molar-refractivity contribution in [3.63, 3.8) is 0 Å². The summed E-state index contributed by atoms with van der Waals surface area (Å²) in [6, 6.07) is 9.78. The number of anilines is 1. The van der Waals surface area contributed by atoms with Gasteiger partial charge in [0.1, 0.15) is 5.82 Å². The van der Waals surface area contributed by atoms with Crippen molar-refractivity contribution in [3.05, 3.63) is 58.8 Å². The number of hydrogen-bond acceptors (Lipinski definition) is 4. The molecule has 0 bridgehead atoms. The van der Waals surface area contributed by atoms with Crippen LogP contribution in [0.3, 0.4) is 0 Å².